The predicted octanol–water partition coefficient (Wildman–Crippen LogP) is 1.71. The Morgan fingerprint density at radius 3 is 2.70 bits per heavy atom. The maximum absolute atomic E-state index is 12.5. The smallest absolute Gasteiger partial charge is 0.377 e. The summed E-state index contributed by atoms with van der Waals surface area (Å²) < 4.78 is 37.6. The van der Waals surface area contributed by atoms with Crippen molar-refractivity contribution in [1.82, 2.24) is 20.2 Å². The minimum absolute atomic E-state index is 0.0938. The third kappa shape index (κ3) is 3.03. The topological polar surface area (TPSA) is 79.4 Å². The fourth-order valence-electron chi connectivity index (χ4n) is 1.54. The lowest BCUT2D eigenvalue weighted by Gasteiger charge is -2.10. The lowest BCUT2D eigenvalue weighted by molar-refractivity contribution is -0.137. The number of anilines is 1. The summed E-state index contributed by atoms with van der Waals surface area (Å²) in [6.45, 7) is 0.161. The lowest BCUT2D eigenvalue weighted by atomic mass is 10.1. The van der Waals surface area contributed by atoms with E-state index in [2.05, 4.69) is 20.7 Å². The van der Waals surface area contributed by atoms with Gasteiger partial charge in [0.2, 0.25) is 0 Å². The number of hydrogen-bond donors (Lipinski definition) is 1. The molecule has 20 heavy (non-hydrogen) atoms. The van der Waals surface area contributed by atoms with E-state index in [-0.39, 0.29) is 17.8 Å². The van der Waals surface area contributed by atoms with Crippen molar-refractivity contribution in [3.63, 3.8) is 0 Å². The Morgan fingerprint density at radius 2 is 2.15 bits per heavy atom. The van der Waals surface area contributed by atoms with E-state index in [9.17, 15) is 13.2 Å². The summed E-state index contributed by atoms with van der Waals surface area (Å²) in [5.41, 5.74) is -0.672. The van der Waals surface area contributed by atoms with Gasteiger partial charge in [0.25, 0.3) is 0 Å². The average molecular weight is 282 g/mol. The van der Waals surface area contributed by atoms with Crippen molar-refractivity contribution in [2.24, 2.45) is 7.05 Å². The van der Waals surface area contributed by atoms with Gasteiger partial charge in [-0.15, -0.1) is 10.2 Å². The number of rotatable bonds is 3. The summed E-state index contributed by atoms with van der Waals surface area (Å²) in [4.78, 5) is 1.26. The van der Waals surface area contributed by atoms with Crippen LogP contribution in [0.1, 0.15) is 17.0 Å². The number of alkyl halides is 3. The van der Waals surface area contributed by atoms with Gasteiger partial charge in [-0.2, -0.15) is 23.2 Å². The molecule has 0 saturated carbocycles. The molecule has 0 unspecified atom stereocenters. The molecule has 2 rings (SSSR count). The average Bonchev–Trinajstić information content (AvgIpc) is 2.81. The zero-order chi connectivity index (χ0) is 14.8. The second-order valence-electron chi connectivity index (χ2n) is 3.92. The molecule has 0 radical (unpaired) electrons. The number of nitriles is 1. The van der Waals surface area contributed by atoms with Gasteiger partial charge in [-0.25, -0.2) is 0 Å². The molecule has 1 N–H and O–H groups in total. The maximum atomic E-state index is 12.5. The van der Waals surface area contributed by atoms with E-state index < -0.39 is 11.7 Å². The first kappa shape index (κ1) is 13.8. The summed E-state index contributed by atoms with van der Waals surface area (Å²) >= 11 is 0. The van der Waals surface area contributed by atoms with Crippen LogP contribution in [0.25, 0.3) is 0 Å². The van der Waals surface area contributed by atoms with Crippen molar-refractivity contribution in [2.45, 2.75) is 12.7 Å². The van der Waals surface area contributed by atoms with Gasteiger partial charge in [0.15, 0.2) is 5.82 Å². The lowest BCUT2D eigenvalue weighted by Crippen LogP contribution is -2.08. The number of aromatic nitrogens is 4. The quantitative estimate of drug-likeness (QED) is 0.927. The zero-order valence-electron chi connectivity index (χ0n) is 10.3. The molecule has 0 aliphatic carbocycles. The Labute approximate surface area is 111 Å². The summed E-state index contributed by atoms with van der Waals surface area (Å²) in [5, 5.41) is 23.0. The first-order chi connectivity index (χ1) is 9.40. The fraction of sp³-hybridized carbons (Fsp3) is 0.273. The van der Waals surface area contributed by atoms with Crippen LogP contribution in [-0.2, 0) is 19.8 Å². The molecule has 0 atom stereocenters. The van der Waals surface area contributed by atoms with E-state index in [1.54, 1.807) is 13.1 Å². The molecule has 0 amide bonds. The Bertz CT molecular complexity index is 655. The van der Waals surface area contributed by atoms with Gasteiger partial charge >= 0.3 is 6.18 Å². The van der Waals surface area contributed by atoms with E-state index in [0.29, 0.717) is 5.82 Å². The molecule has 1 aromatic carbocycles. The summed E-state index contributed by atoms with van der Waals surface area (Å²) in [7, 11) is 1.59. The van der Waals surface area contributed by atoms with Crippen molar-refractivity contribution in [3.05, 3.63) is 35.2 Å². The Hall–Kier alpha value is -2.63. The van der Waals surface area contributed by atoms with Crippen LogP contribution in [0.5, 0.6) is 0 Å². The third-order valence-electron chi connectivity index (χ3n) is 2.45. The molecule has 9 heteroatoms. The predicted molar refractivity (Wildman–Crippen MR) is 62.3 cm³/mol. The SMILES string of the molecule is Cn1nnc(CNc2ccc(C(F)(F)F)cc2C#N)n1. The highest BCUT2D eigenvalue weighted by molar-refractivity contribution is 5.58. The molecule has 1 aromatic heterocycles. The van der Waals surface area contributed by atoms with Gasteiger partial charge in [-0.3, -0.25) is 0 Å². The highest BCUT2D eigenvalue weighted by Crippen LogP contribution is 2.31. The highest BCUT2D eigenvalue weighted by Gasteiger charge is 2.31. The zero-order valence-corrected chi connectivity index (χ0v) is 10.3. The van der Waals surface area contributed by atoms with Gasteiger partial charge < -0.3 is 5.32 Å². The van der Waals surface area contributed by atoms with Gasteiger partial charge in [0, 0.05) is 0 Å². The summed E-state index contributed by atoms with van der Waals surface area (Å²) in [6.07, 6.45) is -4.48. The normalized spacial score (nSPS) is 11.2. The van der Waals surface area contributed by atoms with Crippen LogP contribution in [0.15, 0.2) is 18.2 Å². The highest BCUT2D eigenvalue weighted by atomic mass is 19.4. The number of nitrogens with zero attached hydrogens (tertiary/aromatic N) is 5. The largest absolute Gasteiger partial charge is 0.416 e. The second kappa shape index (κ2) is 5.16. The van der Waals surface area contributed by atoms with Crippen molar-refractivity contribution in [2.75, 3.05) is 5.32 Å². The first-order valence-corrected chi connectivity index (χ1v) is 5.48. The van der Waals surface area contributed by atoms with Crippen LogP contribution in [-0.4, -0.2) is 20.2 Å². The fourth-order valence-corrected chi connectivity index (χ4v) is 1.54. The summed E-state index contributed by atoms with van der Waals surface area (Å²) in [6, 6.07) is 4.64. The molecule has 0 fully saturated rings. The third-order valence-corrected chi connectivity index (χ3v) is 2.45. The minimum Gasteiger partial charge on any atom is -0.377 e. The monoisotopic (exact) mass is 282 g/mol. The molecule has 0 aliphatic heterocycles. The number of aryl methyl sites for hydroxylation is 1. The van der Waals surface area contributed by atoms with Crippen molar-refractivity contribution in [3.8, 4) is 6.07 Å². The number of nitrogens with one attached hydrogen (secondary N) is 1. The molecule has 0 bridgehead atoms. The molecule has 0 spiro atoms. The molecule has 6 nitrogen and oxygen atoms in total. The Kier molecular flexibility index (Phi) is 3.56. The van der Waals surface area contributed by atoms with Gasteiger partial charge in [-0.05, 0) is 23.4 Å². The molecule has 0 saturated heterocycles. The van der Waals surface area contributed by atoms with Crippen LogP contribution in [0.4, 0.5) is 18.9 Å². The van der Waals surface area contributed by atoms with Crippen LogP contribution >= 0.6 is 0 Å². The molecule has 104 valence electrons. The Balaban J connectivity index is 2.18. The second-order valence-corrected chi connectivity index (χ2v) is 3.92. The number of benzene rings is 1. The van der Waals surface area contributed by atoms with Crippen LogP contribution in [0, 0.1) is 11.3 Å². The van der Waals surface area contributed by atoms with E-state index in [1.807, 2.05) is 0 Å². The number of tetrazole rings is 1. The van der Waals surface area contributed by atoms with E-state index in [1.165, 1.54) is 10.9 Å². The van der Waals surface area contributed by atoms with Crippen molar-refractivity contribution >= 4 is 5.69 Å². The van der Waals surface area contributed by atoms with Crippen molar-refractivity contribution < 1.29 is 13.2 Å². The number of hydrogen-bond acceptors (Lipinski definition) is 5. The van der Waals surface area contributed by atoms with E-state index in [0.717, 1.165) is 12.1 Å². The van der Waals surface area contributed by atoms with Gasteiger partial charge in [0.1, 0.15) is 6.07 Å². The van der Waals surface area contributed by atoms with Crippen molar-refractivity contribution in [1.29, 1.82) is 5.26 Å². The van der Waals surface area contributed by atoms with Crippen LogP contribution in [0.2, 0.25) is 0 Å². The molecular formula is C11H9F3N6. The summed E-state index contributed by atoms with van der Waals surface area (Å²) in [5.74, 6) is 0.372. The molecule has 1 heterocycles. The van der Waals surface area contributed by atoms with Gasteiger partial charge in [0.05, 0.1) is 30.4 Å². The first-order valence-electron chi connectivity index (χ1n) is 5.48. The molecule has 2 aromatic rings. The van der Waals surface area contributed by atoms with E-state index >= 15 is 0 Å². The molecular weight excluding hydrogens is 273 g/mol. The van der Waals surface area contributed by atoms with Gasteiger partial charge in [-0.1, -0.05) is 0 Å². The minimum atomic E-state index is -4.48. The Morgan fingerprint density at radius 1 is 1.40 bits per heavy atom. The van der Waals surface area contributed by atoms with Crippen LogP contribution < -0.4 is 5.32 Å². The standard InChI is InChI=1S/C11H9F3N6/c1-20-18-10(17-19-20)6-16-9-3-2-8(11(12,13)14)4-7(9)5-15/h2-4,16H,6H2,1H3. The maximum Gasteiger partial charge on any atom is 0.416 e. The van der Waals surface area contributed by atoms with E-state index in [4.69, 9.17) is 5.26 Å². The van der Waals surface area contributed by atoms with Crippen LogP contribution in [0.3, 0.4) is 0 Å². The number of halogens is 3. The molecule has 0 aliphatic rings.